The van der Waals surface area contributed by atoms with Crippen molar-refractivity contribution in [2.24, 2.45) is 0 Å². The lowest BCUT2D eigenvalue weighted by Gasteiger charge is -2.19. The van der Waals surface area contributed by atoms with Crippen molar-refractivity contribution < 1.29 is 13.5 Å². The minimum Gasteiger partial charge on any atom is -0.367 e. The maximum absolute atomic E-state index is 13.1. The number of nitrogens with one attached hydrogen (secondary N) is 1. The highest BCUT2D eigenvalue weighted by atomic mass is 35.5. The molecule has 0 spiro atoms. The van der Waals surface area contributed by atoms with Crippen LogP contribution >= 0.6 is 12.4 Å². The molecule has 0 radical (unpaired) electrons. The summed E-state index contributed by atoms with van der Waals surface area (Å²) >= 11 is 0. The number of hydrogen-bond donors (Lipinski definition) is 1. The van der Waals surface area contributed by atoms with Crippen molar-refractivity contribution in [3.63, 3.8) is 0 Å². The van der Waals surface area contributed by atoms with Gasteiger partial charge in [0.15, 0.2) is 0 Å². The van der Waals surface area contributed by atoms with E-state index in [4.69, 9.17) is 4.74 Å². The van der Waals surface area contributed by atoms with Crippen LogP contribution in [0.5, 0.6) is 0 Å². The summed E-state index contributed by atoms with van der Waals surface area (Å²) in [5.41, 5.74) is 1.71. The van der Waals surface area contributed by atoms with Gasteiger partial charge >= 0.3 is 0 Å². The van der Waals surface area contributed by atoms with E-state index in [1.807, 2.05) is 0 Å². The third kappa shape index (κ3) is 6.56. The Morgan fingerprint density at radius 1 is 0.875 bits per heavy atom. The van der Waals surface area contributed by atoms with Gasteiger partial charge in [0.2, 0.25) is 0 Å². The molecule has 0 aliphatic heterocycles. The second-order valence-electron chi connectivity index (χ2n) is 5.46. The van der Waals surface area contributed by atoms with E-state index in [-0.39, 0.29) is 30.1 Å². The summed E-state index contributed by atoms with van der Waals surface area (Å²) in [6.07, 6.45) is 1.96. The molecule has 0 unspecified atom stereocenters. The molecule has 0 amide bonds. The SMILES string of the molecule is CCCCNCCOC(c1ccc(F)cc1)c1ccc(F)cc1.Cl. The Labute approximate surface area is 148 Å². The van der Waals surface area contributed by atoms with Gasteiger partial charge in [-0.25, -0.2) is 8.78 Å². The molecule has 2 aromatic rings. The first-order chi connectivity index (χ1) is 11.2. The van der Waals surface area contributed by atoms with Crippen LogP contribution in [0, 0.1) is 11.6 Å². The van der Waals surface area contributed by atoms with Gasteiger partial charge < -0.3 is 10.1 Å². The second kappa shape index (κ2) is 11.1. The summed E-state index contributed by atoms with van der Waals surface area (Å²) in [7, 11) is 0. The molecule has 5 heteroatoms. The quantitative estimate of drug-likeness (QED) is 0.647. The molecule has 0 aliphatic rings. The van der Waals surface area contributed by atoms with Crippen LogP contribution in [-0.2, 0) is 4.74 Å². The molecular formula is C19H24ClF2NO. The van der Waals surface area contributed by atoms with Crippen molar-refractivity contribution in [3.05, 3.63) is 71.3 Å². The molecule has 2 nitrogen and oxygen atoms in total. The van der Waals surface area contributed by atoms with E-state index in [0.29, 0.717) is 6.61 Å². The Bertz CT molecular complexity index is 529. The molecule has 24 heavy (non-hydrogen) atoms. The van der Waals surface area contributed by atoms with E-state index >= 15 is 0 Å². The van der Waals surface area contributed by atoms with Crippen molar-refractivity contribution in [1.82, 2.24) is 5.32 Å². The van der Waals surface area contributed by atoms with Crippen LogP contribution in [0.15, 0.2) is 48.5 Å². The second-order valence-corrected chi connectivity index (χ2v) is 5.46. The van der Waals surface area contributed by atoms with Gasteiger partial charge in [0.1, 0.15) is 17.7 Å². The molecule has 0 atom stereocenters. The molecule has 0 saturated heterocycles. The minimum absolute atomic E-state index is 0. The van der Waals surface area contributed by atoms with Crippen LogP contribution in [0.3, 0.4) is 0 Å². The Kier molecular flexibility index (Phi) is 9.53. The van der Waals surface area contributed by atoms with Gasteiger partial charge in [-0.05, 0) is 48.4 Å². The number of rotatable bonds is 9. The molecule has 2 rings (SSSR count). The van der Waals surface area contributed by atoms with Crippen LogP contribution in [0.25, 0.3) is 0 Å². The van der Waals surface area contributed by atoms with Gasteiger partial charge in [-0.3, -0.25) is 0 Å². The number of ether oxygens (including phenoxy) is 1. The standard InChI is InChI=1S/C19H23F2NO.ClH/c1-2-3-12-22-13-14-23-19(15-4-8-17(20)9-5-15)16-6-10-18(21)11-7-16;/h4-11,19,22H,2-3,12-14H2,1H3;1H. The lowest BCUT2D eigenvalue weighted by atomic mass is 10.0. The third-order valence-corrected chi connectivity index (χ3v) is 3.62. The van der Waals surface area contributed by atoms with Crippen molar-refractivity contribution in [2.45, 2.75) is 25.9 Å². The van der Waals surface area contributed by atoms with E-state index in [1.54, 1.807) is 24.3 Å². The maximum atomic E-state index is 13.1. The Balaban J connectivity index is 0.00000288. The summed E-state index contributed by atoms with van der Waals surface area (Å²) in [6, 6.07) is 12.5. The van der Waals surface area contributed by atoms with E-state index < -0.39 is 0 Å². The molecule has 0 heterocycles. The molecule has 0 fully saturated rings. The predicted octanol–water partition coefficient (Wildman–Crippen LogP) is 4.88. The van der Waals surface area contributed by atoms with Crippen molar-refractivity contribution in [3.8, 4) is 0 Å². The fourth-order valence-corrected chi connectivity index (χ4v) is 2.34. The van der Waals surface area contributed by atoms with Crippen LogP contribution < -0.4 is 5.32 Å². The van der Waals surface area contributed by atoms with E-state index in [9.17, 15) is 8.78 Å². The Hall–Kier alpha value is -1.49. The summed E-state index contributed by atoms with van der Waals surface area (Å²) in [5.74, 6) is -0.569. The van der Waals surface area contributed by atoms with Crippen molar-refractivity contribution in [2.75, 3.05) is 19.7 Å². The molecule has 0 saturated carbocycles. The van der Waals surface area contributed by atoms with Crippen molar-refractivity contribution >= 4 is 12.4 Å². The maximum Gasteiger partial charge on any atom is 0.123 e. The average molecular weight is 356 g/mol. The van der Waals surface area contributed by atoms with Crippen LogP contribution in [-0.4, -0.2) is 19.7 Å². The Morgan fingerprint density at radius 2 is 1.38 bits per heavy atom. The van der Waals surface area contributed by atoms with Gasteiger partial charge in [0.05, 0.1) is 6.61 Å². The van der Waals surface area contributed by atoms with Gasteiger partial charge in [0.25, 0.3) is 0 Å². The molecule has 1 N–H and O–H groups in total. The number of benzene rings is 2. The van der Waals surface area contributed by atoms with Crippen LogP contribution in [0.1, 0.15) is 37.0 Å². The summed E-state index contributed by atoms with van der Waals surface area (Å²) < 4.78 is 32.2. The third-order valence-electron chi connectivity index (χ3n) is 3.62. The highest BCUT2D eigenvalue weighted by molar-refractivity contribution is 5.85. The number of halogens is 3. The van der Waals surface area contributed by atoms with Gasteiger partial charge in [-0.2, -0.15) is 0 Å². The minimum atomic E-state index is -0.329. The highest BCUT2D eigenvalue weighted by Crippen LogP contribution is 2.26. The largest absolute Gasteiger partial charge is 0.367 e. The summed E-state index contributed by atoms with van der Waals surface area (Å²) in [6.45, 7) is 4.40. The Morgan fingerprint density at radius 3 is 1.83 bits per heavy atom. The van der Waals surface area contributed by atoms with E-state index in [0.717, 1.165) is 37.1 Å². The zero-order chi connectivity index (χ0) is 16.5. The monoisotopic (exact) mass is 355 g/mol. The van der Waals surface area contributed by atoms with Crippen molar-refractivity contribution in [1.29, 1.82) is 0 Å². The predicted molar refractivity (Wildman–Crippen MR) is 95.6 cm³/mol. The molecule has 0 aromatic heterocycles. The normalized spacial score (nSPS) is 10.7. The fraction of sp³-hybridized carbons (Fsp3) is 0.368. The lowest BCUT2D eigenvalue weighted by Crippen LogP contribution is -2.22. The highest BCUT2D eigenvalue weighted by Gasteiger charge is 2.15. The number of hydrogen-bond acceptors (Lipinski definition) is 2. The topological polar surface area (TPSA) is 21.3 Å². The first-order valence-electron chi connectivity index (χ1n) is 8.04. The van der Waals surface area contributed by atoms with Gasteiger partial charge in [-0.15, -0.1) is 12.4 Å². The average Bonchev–Trinajstić information content (AvgIpc) is 2.57. The zero-order valence-corrected chi connectivity index (χ0v) is 14.6. The van der Waals surface area contributed by atoms with E-state index in [1.165, 1.54) is 24.3 Å². The van der Waals surface area contributed by atoms with Gasteiger partial charge in [0, 0.05) is 6.54 Å². The summed E-state index contributed by atoms with van der Waals surface area (Å²) in [4.78, 5) is 0. The first-order valence-corrected chi connectivity index (χ1v) is 8.04. The smallest absolute Gasteiger partial charge is 0.123 e. The van der Waals surface area contributed by atoms with E-state index in [2.05, 4.69) is 12.2 Å². The fourth-order valence-electron chi connectivity index (χ4n) is 2.34. The number of unbranched alkanes of at least 4 members (excludes halogenated alkanes) is 1. The van der Waals surface area contributed by atoms with Crippen LogP contribution in [0.2, 0.25) is 0 Å². The molecule has 2 aromatic carbocycles. The lowest BCUT2D eigenvalue weighted by molar-refractivity contribution is 0.0820. The molecular weight excluding hydrogens is 332 g/mol. The van der Waals surface area contributed by atoms with Crippen LogP contribution in [0.4, 0.5) is 8.78 Å². The zero-order valence-electron chi connectivity index (χ0n) is 13.8. The molecule has 132 valence electrons. The molecule has 0 bridgehead atoms. The first kappa shape index (κ1) is 20.6. The molecule has 0 aliphatic carbocycles. The summed E-state index contributed by atoms with van der Waals surface area (Å²) in [5, 5.41) is 3.32. The van der Waals surface area contributed by atoms with Gasteiger partial charge in [-0.1, -0.05) is 37.6 Å².